The molecule has 12 rings (SSSR count). The average Bonchev–Trinajstić information content (AvgIpc) is 3.83. The highest BCUT2D eigenvalue weighted by Crippen LogP contribution is 2.50. The molecule has 0 spiro atoms. The standard InChI is InChI=1S/C54H35N5/c1-4-16-36(17-5-1)45-35-46(37-18-6-2-7-19-37)56-54(55-45)38-28-30-40(31-29-38)58-47-24-12-10-22-41(47)42-32-33-49-44(53(42)58)34-52-43-23-11-13-25-48(43)57(39-20-8-3-9-21-39)50-26-14-15-27-51(50)59(49)52/h1-35H. The van der Waals surface area contributed by atoms with Gasteiger partial charge in [0.1, 0.15) is 0 Å². The maximum atomic E-state index is 5.11. The largest absolute Gasteiger partial charge is 0.309 e. The van der Waals surface area contributed by atoms with Crippen LogP contribution in [0.1, 0.15) is 0 Å². The van der Waals surface area contributed by atoms with Gasteiger partial charge < -0.3 is 14.0 Å². The third-order valence-corrected chi connectivity index (χ3v) is 11.7. The third-order valence-electron chi connectivity index (χ3n) is 11.7. The lowest BCUT2D eigenvalue weighted by atomic mass is 10.1. The van der Waals surface area contributed by atoms with Crippen LogP contribution in [0.25, 0.3) is 89.2 Å². The molecule has 4 heterocycles. The van der Waals surface area contributed by atoms with Gasteiger partial charge in [-0.05, 0) is 78.9 Å². The number of para-hydroxylation sites is 5. The summed E-state index contributed by atoms with van der Waals surface area (Å²) in [6.45, 7) is 0. The minimum Gasteiger partial charge on any atom is -0.309 e. The van der Waals surface area contributed by atoms with Gasteiger partial charge in [0.25, 0.3) is 0 Å². The van der Waals surface area contributed by atoms with E-state index in [1.807, 2.05) is 12.1 Å². The average molecular weight is 754 g/mol. The second-order valence-corrected chi connectivity index (χ2v) is 15.0. The number of hydrogen-bond donors (Lipinski definition) is 0. The maximum absolute atomic E-state index is 5.11. The van der Waals surface area contributed by atoms with E-state index in [0.717, 1.165) is 73.2 Å². The van der Waals surface area contributed by atoms with Crippen molar-refractivity contribution < 1.29 is 0 Å². The molecule has 5 heteroatoms. The Kier molecular flexibility index (Phi) is 7.47. The summed E-state index contributed by atoms with van der Waals surface area (Å²) < 4.78 is 4.89. The van der Waals surface area contributed by atoms with Crippen LogP contribution in [0, 0.1) is 0 Å². The molecule has 1 aliphatic rings. The molecule has 0 saturated carbocycles. The van der Waals surface area contributed by atoms with Crippen LogP contribution in [0.4, 0.5) is 17.1 Å². The molecule has 0 N–H and O–H groups in total. The van der Waals surface area contributed by atoms with Crippen LogP contribution in [0.2, 0.25) is 0 Å². The molecule has 8 aromatic carbocycles. The number of fused-ring (bicyclic) bond motifs is 11. The van der Waals surface area contributed by atoms with Gasteiger partial charge in [-0.25, -0.2) is 9.97 Å². The Hall–Kier alpha value is -8.02. The predicted octanol–water partition coefficient (Wildman–Crippen LogP) is 14.0. The zero-order chi connectivity index (χ0) is 38.9. The highest BCUT2D eigenvalue weighted by Gasteiger charge is 2.28. The van der Waals surface area contributed by atoms with Crippen LogP contribution in [-0.2, 0) is 0 Å². The summed E-state index contributed by atoms with van der Waals surface area (Å²) in [4.78, 5) is 12.6. The van der Waals surface area contributed by atoms with Crippen molar-refractivity contribution in [3.8, 4) is 56.5 Å². The first kappa shape index (κ1) is 33.2. The van der Waals surface area contributed by atoms with Gasteiger partial charge in [0, 0.05) is 49.8 Å². The molecule has 0 saturated heterocycles. The summed E-state index contributed by atoms with van der Waals surface area (Å²) in [5.41, 5.74) is 16.3. The van der Waals surface area contributed by atoms with Gasteiger partial charge in [0.2, 0.25) is 0 Å². The van der Waals surface area contributed by atoms with Crippen LogP contribution in [0.3, 0.4) is 0 Å². The van der Waals surface area contributed by atoms with Gasteiger partial charge in [-0.1, -0.05) is 133 Å². The van der Waals surface area contributed by atoms with Crippen molar-refractivity contribution in [2.75, 3.05) is 4.90 Å². The smallest absolute Gasteiger partial charge is 0.160 e. The molecule has 5 nitrogen and oxygen atoms in total. The van der Waals surface area contributed by atoms with Crippen LogP contribution in [0.15, 0.2) is 212 Å². The summed E-state index contributed by atoms with van der Waals surface area (Å²) >= 11 is 0. The number of anilines is 3. The fourth-order valence-corrected chi connectivity index (χ4v) is 9.03. The van der Waals surface area contributed by atoms with E-state index in [0.29, 0.717) is 5.82 Å². The van der Waals surface area contributed by atoms with Crippen molar-refractivity contribution in [1.29, 1.82) is 0 Å². The molecular formula is C54H35N5. The van der Waals surface area contributed by atoms with E-state index in [1.54, 1.807) is 0 Å². The first-order valence-corrected chi connectivity index (χ1v) is 20.0. The van der Waals surface area contributed by atoms with Crippen LogP contribution < -0.4 is 4.90 Å². The quantitative estimate of drug-likeness (QED) is 0.176. The summed E-state index contributed by atoms with van der Waals surface area (Å²) in [6.07, 6.45) is 0. The molecule has 1 aliphatic heterocycles. The number of benzene rings is 8. The Balaban J connectivity index is 1.07. The van der Waals surface area contributed by atoms with Gasteiger partial charge in [-0.3, -0.25) is 0 Å². The van der Waals surface area contributed by atoms with E-state index in [-0.39, 0.29) is 0 Å². The molecule has 0 aliphatic carbocycles. The predicted molar refractivity (Wildman–Crippen MR) is 243 cm³/mol. The van der Waals surface area contributed by atoms with E-state index >= 15 is 0 Å². The summed E-state index contributed by atoms with van der Waals surface area (Å²) in [5, 5.41) is 3.64. The molecule has 0 radical (unpaired) electrons. The van der Waals surface area contributed by atoms with Crippen LogP contribution >= 0.6 is 0 Å². The minimum atomic E-state index is 0.694. The fourth-order valence-electron chi connectivity index (χ4n) is 9.03. The van der Waals surface area contributed by atoms with Crippen molar-refractivity contribution in [2.45, 2.75) is 0 Å². The number of rotatable bonds is 5. The van der Waals surface area contributed by atoms with E-state index in [1.165, 1.54) is 27.2 Å². The molecule has 11 aromatic rings. The van der Waals surface area contributed by atoms with E-state index in [9.17, 15) is 0 Å². The Morgan fingerprint density at radius 1 is 0.339 bits per heavy atom. The zero-order valence-electron chi connectivity index (χ0n) is 31.9. The van der Waals surface area contributed by atoms with E-state index in [2.05, 4.69) is 214 Å². The van der Waals surface area contributed by atoms with Gasteiger partial charge >= 0.3 is 0 Å². The lowest BCUT2D eigenvalue weighted by Crippen LogP contribution is -2.11. The highest BCUT2D eigenvalue weighted by atomic mass is 15.2. The Bertz CT molecular complexity index is 3310. The van der Waals surface area contributed by atoms with E-state index < -0.39 is 0 Å². The monoisotopic (exact) mass is 753 g/mol. The van der Waals surface area contributed by atoms with Gasteiger partial charge in [-0.15, -0.1) is 0 Å². The SMILES string of the molecule is c1ccc(-c2cc(-c3ccccc3)nc(-c3ccc(-n4c5ccccc5c5ccc6c(cc7n6-c6ccccc6N(c6ccccc6)c6ccccc6-7)c54)cc3)n2)cc1. The molecule has 0 atom stereocenters. The number of nitrogens with zero attached hydrogens (tertiary/aromatic N) is 5. The Labute approximate surface area is 341 Å². The summed E-state index contributed by atoms with van der Waals surface area (Å²) in [7, 11) is 0. The van der Waals surface area contributed by atoms with Gasteiger partial charge in [0.15, 0.2) is 5.82 Å². The maximum Gasteiger partial charge on any atom is 0.160 e. The highest BCUT2D eigenvalue weighted by molar-refractivity contribution is 6.19. The van der Waals surface area contributed by atoms with Crippen LogP contribution in [0.5, 0.6) is 0 Å². The lowest BCUT2D eigenvalue weighted by molar-refractivity contribution is 1.14. The molecule has 3 aromatic heterocycles. The molecule has 276 valence electrons. The van der Waals surface area contributed by atoms with Crippen molar-refractivity contribution in [2.24, 2.45) is 0 Å². The molecule has 0 amide bonds. The Morgan fingerprint density at radius 2 is 0.915 bits per heavy atom. The zero-order valence-corrected chi connectivity index (χ0v) is 31.9. The van der Waals surface area contributed by atoms with Crippen molar-refractivity contribution >= 4 is 49.8 Å². The first-order chi connectivity index (χ1) is 29.3. The topological polar surface area (TPSA) is 38.9 Å². The second-order valence-electron chi connectivity index (χ2n) is 15.0. The van der Waals surface area contributed by atoms with Gasteiger partial charge in [-0.2, -0.15) is 0 Å². The van der Waals surface area contributed by atoms with Crippen molar-refractivity contribution in [3.05, 3.63) is 212 Å². The number of aromatic nitrogens is 4. The van der Waals surface area contributed by atoms with Crippen molar-refractivity contribution in [1.82, 2.24) is 19.1 Å². The molecule has 59 heavy (non-hydrogen) atoms. The normalized spacial score (nSPS) is 12.0. The molecule has 0 unspecified atom stereocenters. The molecule has 0 bridgehead atoms. The number of hydrogen-bond acceptors (Lipinski definition) is 3. The second kappa shape index (κ2) is 13.3. The van der Waals surface area contributed by atoms with Crippen LogP contribution in [-0.4, -0.2) is 19.1 Å². The molecular weight excluding hydrogens is 719 g/mol. The van der Waals surface area contributed by atoms with E-state index in [4.69, 9.17) is 9.97 Å². The summed E-state index contributed by atoms with van der Waals surface area (Å²) in [6, 6.07) is 75.5. The lowest BCUT2D eigenvalue weighted by Gasteiger charge is -2.26. The summed E-state index contributed by atoms with van der Waals surface area (Å²) in [5.74, 6) is 0.694. The van der Waals surface area contributed by atoms with Crippen molar-refractivity contribution in [3.63, 3.8) is 0 Å². The van der Waals surface area contributed by atoms with Gasteiger partial charge in [0.05, 0.1) is 50.7 Å². The third kappa shape index (κ3) is 5.25. The fraction of sp³-hybridized carbons (Fsp3) is 0. The Morgan fingerprint density at radius 3 is 1.63 bits per heavy atom. The molecule has 0 fully saturated rings. The minimum absolute atomic E-state index is 0.694. The first-order valence-electron chi connectivity index (χ1n) is 20.0.